The number of methoxy groups -OCH3 is 2. The van der Waals surface area contributed by atoms with E-state index >= 15 is 0 Å². The first-order valence-corrected chi connectivity index (χ1v) is 9.34. The normalized spacial score (nSPS) is 10.6. The number of aryl methyl sites for hydroxylation is 1. The number of nitrogens with zero attached hydrogens (tertiary/aromatic N) is 3. The Labute approximate surface area is 160 Å². The summed E-state index contributed by atoms with van der Waals surface area (Å²) in [7, 11) is 3.25. The zero-order valence-corrected chi connectivity index (χ0v) is 16.2. The van der Waals surface area contributed by atoms with Gasteiger partial charge in [-0.1, -0.05) is 0 Å². The highest BCUT2D eigenvalue weighted by atomic mass is 32.2. The van der Waals surface area contributed by atoms with Gasteiger partial charge >= 0.3 is 0 Å². The van der Waals surface area contributed by atoms with Crippen LogP contribution in [0.4, 0.5) is 9.52 Å². The van der Waals surface area contributed by atoms with Crippen molar-refractivity contribution in [3.63, 3.8) is 0 Å². The monoisotopic (exact) mass is 391 g/mol. The molecule has 0 amide bonds. The van der Waals surface area contributed by atoms with E-state index in [-0.39, 0.29) is 5.82 Å². The van der Waals surface area contributed by atoms with Crippen molar-refractivity contribution in [1.82, 2.24) is 9.36 Å². The lowest BCUT2D eigenvalue weighted by atomic mass is 10.2. The van der Waals surface area contributed by atoms with Crippen molar-refractivity contribution in [2.45, 2.75) is 18.4 Å². The average molecular weight is 391 g/mol. The summed E-state index contributed by atoms with van der Waals surface area (Å²) in [5.41, 5.74) is 1.59. The van der Waals surface area contributed by atoms with Crippen molar-refractivity contribution in [3.05, 3.63) is 59.7 Å². The standard InChI is InChI=1S/C18H18FN3O2S2/c1-12-8-15(6-7-16(12)19)26-22(18-20-11-21-25-18)10-13-4-5-14(23-2)9-17(13)24-3/h4-9,11H,10H2,1-3H3. The minimum Gasteiger partial charge on any atom is -0.497 e. The van der Waals surface area contributed by atoms with E-state index < -0.39 is 0 Å². The number of ether oxygens (including phenoxy) is 2. The number of halogens is 1. The van der Waals surface area contributed by atoms with Crippen molar-refractivity contribution in [2.75, 3.05) is 18.5 Å². The first-order chi connectivity index (χ1) is 12.6. The van der Waals surface area contributed by atoms with Gasteiger partial charge in [-0.25, -0.2) is 9.37 Å². The molecule has 1 aromatic heterocycles. The van der Waals surface area contributed by atoms with Crippen LogP contribution in [0.3, 0.4) is 0 Å². The van der Waals surface area contributed by atoms with Gasteiger partial charge < -0.3 is 9.47 Å². The van der Waals surface area contributed by atoms with Crippen LogP contribution in [0.1, 0.15) is 11.1 Å². The predicted molar refractivity (Wildman–Crippen MR) is 103 cm³/mol. The molecule has 0 atom stereocenters. The lowest BCUT2D eigenvalue weighted by molar-refractivity contribution is 0.391. The number of hydrogen-bond acceptors (Lipinski definition) is 7. The molecule has 0 aliphatic rings. The fourth-order valence-corrected chi connectivity index (χ4v) is 3.95. The van der Waals surface area contributed by atoms with Crippen LogP contribution < -0.4 is 13.8 Å². The highest BCUT2D eigenvalue weighted by Crippen LogP contribution is 2.34. The Morgan fingerprint density at radius 3 is 2.65 bits per heavy atom. The van der Waals surface area contributed by atoms with Crippen LogP contribution in [0, 0.1) is 12.7 Å². The van der Waals surface area contributed by atoms with Crippen LogP contribution >= 0.6 is 23.5 Å². The molecule has 0 unspecified atom stereocenters. The molecular weight excluding hydrogens is 373 g/mol. The van der Waals surface area contributed by atoms with E-state index in [4.69, 9.17) is 9.47 Å². The largest absolute Gasteiger partial charge is 0.497 e. The fourth-order valence-electron chi connectivity index (χ4n) is 2.35. The number of anilines is 1. The van der Waals surface area contributed by atoms with E-state index in [1.807, 2.05) is 28.6 Å². The summed E-state index contributed by atoms with van der Waals surface area (Å²) in [6.07, 6.45) is 1.52. The molecule has 0 saturated heterocycles. The molecule has 0 saturated carbocycles. The van der Waals surface area contributed by atoms with Crippen molar-refractivity contribution >= 4 is 28.6 Å². The van der Waals surface area contributed by atoms with Crippen molar-refractivity contribution in [2.24, 2.45) is 0 Å². The van der Waals surface area contributed by atoms with Crippen molar-refractivity contribution in [1.29, 1.82) is 0 Å². The Hall–Kier alpha value is -2.32. The summed E-state index contributed by atoms with van der Waals surface area (Å²) >= 11 is 2.78. The summed E-state index contributed by atoms with van der Waals surface area (Å²) in [5, 5.41) is 0.759. The maximum Gasteiger partial charge on any atom is 0.215 e. The first-order valence-electron chi connectivity index (χ1n) is 7.80. The number of rotatable bonds is 7. The zero-order valence-electron chi connectivity index (χ0n) is 14.6. The molecule has 8 heteroatoms. The molecule has 3 aromatic rings. The second kappa shape index (κ2) is 8.37. The van der Waals surface area contributed by atoms with Gasteiger partial charge in [0.25, 0.3) is 0 Å². The summed E-state index contributed by atoms with van der Waals surface area (Å²) in [5.74, 6) is 1.25. The van der Waals surface area contributed by atoms with Gasteiger partial charge in [0.15, 0.2) is 0 Å². The van der Waals surface area contributed by atoms with Gasteiger partial charge in [0.1, 0.15) is 23.6 Å². The third-order valence-electron chi connectivity index (χ3n) is 3.72. The minimum atomic E-state index is -0.214. The zero-order chi connectivity index (χ0) is 18.5. The minimum absolute atomic E-state index is 0.214. The molecule has 3 rings (SSSR count). The Morgan fingerprint density at radius 1 is 1.15 bits per heavy atom. The van der Waals surface area contributed by atoms with E-state index in [2.05, 4.69) is 9.36 Å². The molecule has 1 heterocycles. The van der Waals surface area contributed by atoms with Crippen LogP contribution in [-0.2, 0) is 6.54 Å². The van der Waals surface area contributed by atoms with Crippen LogP contribution in [-0.4, -0.2) is 23.6 Å². The molecule has 0 aliphatic heterocycles. The molecule has 136 valence electrons. The third kappa shape index (κ3) is 4.25. The molecule has 5 nitrogen and oxygen atoms in total. The van der Waals surface area contributed by atoms with Crippen molar-refractivity contribution < 1.29 is 13.9 Å². The number of hydrogen-bond donors (Lipinski definition) is 0. The SMILES string of the molecule is COc1ccc(CN(Sc2ccc(F)c(C)c2)c2ncns2)c(OC)c1. The molecule has 0 N–H and O–H groups in total. The summed E-state index contributed by atoms with van der Waals surface area (Å²) in [4.78, 5) is 5.23. The van der Waals surface area contributed by atoms with Crippen LogP contribution in [0.2, 0.25) is 0 Å². The maximum atomic E-state index is 13.6. The summed E-state index contributed by atoms with van der Waals surface area (Å²) < 4.78 is 30.4. The van der Waals surface area contributed by atoms with Crippen LogP contribution in [0.15, 0.2) is 47.6 Å². The van der Waals surface area contributed by atoms with Crippen molar-refractivity contribution in [3.8, 4) is 11.5 Å². The molecule has 26 heavy (non-hydrogen) atoms. The van der Waals surface area contributed by atoms with E-state index in [0.29, 0.717) is 12.1 Å². The predicted octanol–water partition coefficient (Wildman–Crippen LogP) is 4.72. The second-order valence-corrected chi connectivity index (χ2v) is 7.29. The molecule has 0 bridgehead atoms. The van der Waals surface area contributed by atoms with Gasteiger partial charge in [0.2, 0.25) is 5.13 Å². The van der Waals surface area contributed by atoms with Crippen LogP contribution in [0.25, 0.3) is 0 Å². The van der Waals surface area contributed by atoms with E-state index in [9.17, 15) is 4.39 Å². The average Bonchev–Trinajstić information content (AvgIpc) is 3.19. The second-order valence-electron chi connectivity index (χ2n) is 5.44. The molecule has 2 aromatic carbocycles. The molecule has 0 spiro atoms. The number of aromatic nitrogens is 2. The summed E-state index contributed by atoms with van der Waals surface area (Å²) in [6, 6.07) is 10.8. The maximum absolute atomic E-state index is 13.6. The first kappa shape index (κ1) is 18.5. The third-order valence-corrected chi connectivity index (χ3v) is 5.51. The Morgan fingerprint density at radius 2 is 2.00 bits per heavy atom. The van der Waals surface area contributed by atoms with E-state index in [1.54, 1.807) is 27.2 Å². The summed E-state index contributed by atoms with van der Waals surface area (Å²) in [6.45, 7) is 2.30. The Balaban J connectivity index is 1.89. The highest BCUT2D eigenvalue weighted by molar-refractivity contribution is 8.00. The quantitative estimate of drug-likeness (QED) is 0.543. The van der Waals surface area contributed by atoms with Gasteiger partial charge in [0, 0.05) is 28.1 Å². The van der Waals surface area contributed by atoms with E-state index in [0.717, 1.165) is 27.1 Å². The fraction of sp³-hybridized carbons (Fsp3) is 0.222. The number of benzene rings is 2. The van der Waals surface area contributed by atoms with E-state index in [1.165, 1.54) is 35.9 Å². The topological polar surface area (TPSA) is 47.5 Å². The van der Waals surface area contributed by atoms with Gasteiger partial charge in [-0.3, -0.25) is 4.31 Å². The lowest BCUT2D eigenvalue weighted by Crippen LogP contribution is -2.14. The molecule has 0 aliphatic carbocycles. The Kier molecular flexibility index (Phi) is 5.95. The lowest BCUT2D eigenvalue weighted by Gasteiger charge is -2.21. The van der Waals surface area contributed by atoms with Gasteiger partial charge in [-0.05, 0) is 54.8 Å². The molecule has 0 fully saturated rings. The van der Waals surface area contributed by atoms with Gasteiger partial charge in [0.05, 0.1) is 20.8 Å². The molecular formula is C18H18FN3O2S2. The smallest absolute Gasteiger partial charge is 0.215 e. The van der Waals surface area contributed by atoms with Crippen LogP contribution in [0.5, 0.6) is 11.5 Å². The molecule has 0 radical (unpaired) electrons. The highest BCUT2D eigenvalue weighted by Gasteiger charge is 2.16. The van der Waals surface area contributed by atoms with Gasteiger partial charge in [-0.15, -0.1) is 0 Å². The van der Waals surface area contributed by atoms with Gasteiger partial charge in [-0.2, -0.15) is 4.37 Å². The Bertz CT molecular complexity index is 875.